The van der Waals surface area contributed by atoms with Gasteiger partial charge in [-0.25, -0.2) is 9.59 Å². The van der Waals surface area contributed by atoms with Crippen molar-refractivity contribution in [3.63, 3.8) is 0 Å². The van der Waals surface area contributed by atoms with Crippen LogP contribution in [0.4, 0.5) is 10.5 Å². The number of anilines is 1. The Morgan fingerprint density at radius 1 is 1.23 bits per heavy atom. The molecule has 0 bridgehead atoms. The van der Waals surface area contributed by atoms with E-state index >= 15 is 0 Å². The summed E-state index contributed by atoms with van der Waals surface area (Å²) in [5, 5.41) is 4.07. The molecular weight excluding hydrogens is 374 g/mol. The van der Waals surface area contributed by atoms with Crippen molar-refractivity contribution >= 4 is 46.1 Å². The van der Waals surface area contributed by atoms with Crippen molar-refractivity contribution in [2.24, 2.45) is 0 Å². The summed E-state index contributed by atoms with van der Waals surface area (Å²) in [6.45, 7) is 2.00. The molecule has 134 valence electrons. The summed E-state index contributed by atoms with van der Waals surface area (Å²) in [6.07, 6.45) is -0.556. The van der Waals surface area contributed by atoms with Gasteiger partial charge < -0.3 is 9.15 Å². The Labute approximate surface area is 159 Å². The number of benzene rings is 2. The van der Waals surface area contributed by atoms with Crippen molar-refractivity contribution in [1.82, 2.24) is 0 Å². The van der Waals surface area contributed by atoms with E-state index in [0.717, 1.165) is 15.8 Å². The van der Waals surface area contributed by atoms with Gasteiger partial charge in [-0.1, -0.05) is 23.7 Å². The molecule has 5 nitrogen and oxygen atoms in total. The molecule has 3 rings (SSSR count). The second kappa shape index (κ2) is 8.29. The largest absolute Gasteiger partial charge is 0.450 e. The van der Waals surface area contributed by atoms with Crippen molar-refractivity contribution in [2.45, 2.75) is 17.6 Å². The minimum Gasteiger partial charge on any atom is -0.450 e. The van der Waals surface area contributed by atoms with Crippen molar-refractivity contribution < 1.29 is 13.9 Å². The van der Waals surface area contributed by atoms with Crippen LogP contribution in [0.2, 0.25) is 5.02 Å². The van der Waals surface area contributed by atoms with Gasteiger partial charge in [-0.15, -0.1) is 11.8 Å². The predicted molar refractivity (Wildman–Crippen MR) is 104 cm³/mol. The van der Waals surface area contributed by atoms with E-state index in [1.54, 1.807) is 30.8 Å². The molecule has 26 heavy (non-hydrogen) atoms. The molecular formula is C19H16ClNO4S. The highest BCUT2D eigenvalue weighted by molar-refractivity contribution is 7.98. The summed E-state index contributed by atoms with van der Waals surface area (Å²) in [5.74, 6) is 0.566. The van der Waals surface area contributed by atoms with Crippen LogP contribution in [0.25, 0.3) is 11.0 Å². The highest BCUT2D eigenvalue weighted by atomic mass is 35.5. The molecule has 0 aliphatic heterocycles. The molecule has 1 N–H and O–H groups in total. The lowest BCUT2D eigenvalue weighted by Gasteiger charge is -2.09. The van der Waals surface area contributed by atoms with Gasteiger partial charge in [0, 0.05) is 33.9 Å². The van der Waals surface area contributed by atoms with Gasteiger partial charge in [-0.3, -0.25) is 5.32 Å². The summed E-state index contributed by atoms with van der Waals surface area (Å²) in [6, 6.07) is 14.2. The molecule has 1 aromatic heterocycles. The average Bonchev–Trinajstić information content (AvgIpc) is 2.60. The monoisotopic (exact) mass is 389 g/mol. The quantitative estimate of drug-likeness (QED) is 0.473. The minimum absolute atomic E-state index is 0.276. The van der Waals surface area contributed by atoms with Crippen LogP contribution in [-0.4, -0.2) is 12.7 Å². The number of thioether (sulfide) groups is 1. The van der Waals surface area contributed by atoms with Crippen LogP contribution < -0.4 is 10.9 Å². The summed E-state index contributed by atoms with van der Waals surface area (Å²) in [5.41, 5.74) is 1.29. The molecule has 0 saturated heterocycles. The zero-order chi connectivity index (χ0) is 18.5. The lowest BCUT2D eigenvalue weighted by Crippen LogP contribution is -2.13. The highest BCUT2D eigenvalue weighted by Crippen LogP contribution is 2.31. The average molecular weight is 390 g/mol. The molecule has 0 spiro atoms. The molecule has 0 saturated carbocycles. The first-order valence-corrected chi connectivity index (χ1v) is 9.31. The maximum Gasteiger partial charge on any atom is 0.411 e. The molecule has 0 unspecified atom stereocenters. The van der Waals surface area contributed by atoms with Gasteiger partial charge >= 0.3 is 11.7 Å². The fourth-order valence-electron chi connectivity index (χ4n) is 2.43. The number of halogens is 1. The molecule has 0 radical (unpaired) electrons. The first-order chi connectivity index (χ1) is 12.6. The van der Waals surface area contributed by atoms with Crippen LogP contribution in [0.3, 0.4) is 0 Å². The summed E-state index contributed by atoms with van der Waals surface area (Å²) in [7, 11) is 0. The number of carbonyl (C=O) groups is 1. The third kappa shape index (κ3) is 4.39. The summed E-state index contributed by atoms with van der Waals surface area (Å²) in [4.78, 5) is 24.4. The van der Waals surface area contributed by atoms with Crippen molar-refractivity contribution in [3.05, 3.63) is 69.5 Å². The Kier molecular flexibility index (Phi) is 5.85. The van der Waals surface area contributed by atoms with E-state index in [2.05, 4.69) is 5.32 Å². The number of ether oxygens (including phenoxy) is 1. The van der Waals surface area contributed by atoms with Crippen LogP contribution in [-0.2, 0) is 10.5 Å². The van der Waals surface area contributed by atoms with Gasteiger partial charge in [0.2, 0.25) is 0 Å². The Balaban J connectivity index is 1.87. The van der Waals surface area contributed by atoms with Crippen molar-refractivity contribution in [2.75, 3.05) is 11.9 Å². The van der Waals surface area contributed by atoms with Gasteiger partial charge in [0.15, 0.2) is 0 Å². The second-order valence-electron chi connectivity index (χ2n) is 5.37. The van der Waals surface area contributed by atoms with Crippen LogP contribution in [0, 0.1) is 0 Å². The van der Waals surface area contributed by atoms with E-state index in [1.165, 1.54) is 6.07 Å². The predicted octanol–water partition coefficient (Wildman–Crippen LogP) is 5.31. The van der Waals surface area contributed by atoms with Gasteiger partial charge in [-0.2, -0.15) is 0 Å². The van der Waals surface area contributed by atoms with E-state index in [-0.39, 0.29) is 6.61 Å². The summed E-state index contributed by atoms with van der Waals surface area (Å²) < 4.78 is 10.1. The minimum atomic E-state index is -0.556. The van der Waals surface area contributed by atoms with E-state index in [1.807, 2.05) is 30.3 Å². The molecule has 1 heterocycles. The third-order valence-electron chi connectivity index (χ3n) is 3.57. The fourth-order valence-corrected chi connectivity index (χ4v) is 3.66. The topological polar surface area (TPSA) is 68.5 Å². The van der Waals surface area contributed by atoms with Gasteiger partial charge in [0.05, 0.1) is 11.6 Å². The van der Waals surface area contributed by atoms with E-state index in [0.29, 0.717) is 22.0 Å². The molecule has 3 aromatic rings. The Bertz CT molecular complexity index is 1000. The maximum absolute atomic E-state index is 11.9. The van der Waals surface area contributed by atoms with Gasteiger partial charge in [-0.05, 0) is 36.8 Å². The number of nitrogens with one attached hydrogen (secondary N) is 1. The molecule has 2 aromatic carbocycles. The van der Waals surface area contributed by atoms with Gasteiger partial charge in [0.1, 0.15) is 5.58 Å². The van der Waals surface area contributed by atoms with Crippen LogP contribution >= 0.6 is 23.4 Å². The SMILES string of the molecule is CCOC(=O)Nc1ccc2c(CSc3ccccc3Cl)cc(=O)oc2c1. The van der Waals surface area contributed by atoms with Crippen LogP contribution in [0.15, 0.2) is 62.6 Å². The molecule has 0 aliphatic rings. The smallest absolute Gasteiger partial charge is 0.411 e. The molecule has 0 atom stereocenters. The third-order valence-corrected chi connectivity index (χ3v) is 5.14. The molecule has 7 heteroatoms. The standard InChI is InChI=1S/C19H16ClNO4S/c1-2-24-19(23)21-13-7-8-14-12(9-18(22)25-16(14)10-13)11-26-17-6-4-3-5-15(17)20/h3-10H,2,11H2,1H3,(H,21,23). The Hall–Kier alpha value is -2.44. The molecule has 0 aliphatic carbocycles. The highest BCUT2D eigenvalue weighted by Gasteiger charge is 2.10. The van der Waals surface area contributed by atoms with Crippen molar-refractivity contribution in [3.8, 4) is 0 Å². The number of amides is 1. The lowest BCUT2D eigenvalue weighted by molar-refractivity contribution is 0.168. The van der Waals surface area contributed by atoms with Crippen LogP contribution in [0.5, 0.6) is 0 Å². The Morgan fingerprint density at radius 3 is 2.81 bits per heavy atom. The number of fused-ring (bicyclic) bond motifs is 1. The van der Waals surface area contributed by atoms with Gasteiger partial charge in [0.25, 0.3) is 0 Å². The van der Waals surface area contributed by atoms with E-state index in [4.69, 9.17) is 20.8 Å². The van der Waals surface area contributed by atoms with E-state index in [9.17, 15) is 9.59 Å². The van der Waals surface area contributed by atoms with Crippen LogP contribution in [0.1, 0.15) is 12.5 Å². The fraction of sp³-hybridized carbons (Fsp3) is 0.158. The molecule has 1 amide bonds. The first-order valence-electron chi connectivity index (χ1n) is 7.94. The van der Waals surface area contributed by atoms with E-state index < -0.39 is 11.7 Å². The maximum atomic E-state index is 11.9. The Morgan fingerprint density at radius 2 is 2.04 bits per heavy atom. The van der Waals surface area contributed by atoms with Crippen molar-refractivity contribution in [1.29, 1.82) is 0 Å². The number of hydrogen-bond acceptors (Lipinski definition) is 5. The zero-order valence-corrected chi connectivity index (χ0v) is 15.5. The number of rotatable bonds is 5. The zero-order valence-electron chi connectivity index (χ0n) is 14.0. The molecule has 0 fully saturated rings. The number of hydrogen-bond donors (Lipinski definition) is 1. The second-order valence-corrected chi connectivity index (χ2v) is 6.79. The first kappa shape index (κ1) is 18.4. The lowest BCUT2D eigenvalue weighted by atomic mass is 10.1. The summed E-state index contributed by atoms with van der Waals surface area (Å²) >= 11 is 7.72. The number of carbonyl (C=O) groups excluding carboxylic acids is 1. The normalized spacial score (nSPS) is 10.7.